The van der Waals surface area contributed by atoms with E-state index in [2.05, 4.69) is 5.92 Å². The lowest BCUT2D eigenvalue weighted by Crippen LogP contribution is -2.41. The van der Waals surface area contributed by atoms with Gasteiger partial charge in [-0.15, -0.1) is 6.42 Å². The van der Waals surface area contributed by atoms with E-state index in [4.69, 9.17) is 11.0 Å². The van der Waals surface area contributed by atoms with Gasteiger partial charge in [0.15, 0.2) is 0 Å². The molecule has 0 fully saturated rings. The van der Waals surface area contributed by atoms with Gasteiger partial charge in [0.05, 0.1) is 20.6 Å². The topological polar surface area (TPSA) is 57.0 Å². The summed E-state index contributed by atoms with van der Waals surface area (Å²) in [6, 6.07) is 0. The van der Waals surface area contributed by atoms with Crippen LogP contribution >= 0.6 is 0 Å². The van der Waals surface area contributed by atoms with Crippen LogP contribution in [0.4, 0.5) is 0 Å². The molecule has 0 aromatic rings. The Morgan fingerprint density at radius 2 is 2.00 bits per heavy atom. The first kappa shape index (κ1) is 12.4. The van der Waals surface area contributed by atoms with Gasteiger partial charge in [-0.1, -0.05) is 0 Å². The minimum absolute atomic E-state index is 0.0841. The van der Waals surface area contributed by atoms with Gasteiger partial charge in [0.25, 0.3) is 0 Å². The van der Waals surface area contributed by atoms with Crippen LogP contribution in [0.3, 0.4) is 0 Å². The molecule has 0 rings (SSSR count). The molecular weight excluding hydrogens is 190 g/mol. The Balaban J connectivity index is 3.84. The fourth-order valence-electron chi connectivity index (χ4n) is 1.01. The van der Waals surface area contributed by atoms with Gasteiger partial charge in [-0.25, -0.2) is 0 Å². The first-order chi connectivity index (χ1) is 5.77. The van der Waals surface area contributed by atoms with E-state index in [1.807, 2.05) is 14.1 Å². The van der Waals surface area contributed by atoms with Gasteiger partial charge in [0.1, 0.15) is 12.3 Å². The van der Waals surface area contributed by atoms with E-state index in [-0.39, 0.29) is 5.75 Å². The maximum Gasteiger partial charge on any atom is 0.378 e. The highest BCUT2D eigenvalue weighted by atomic mass is 32.2. The molecule has 0 radical (unpaired) electrons. The Hall–Kier alpha value is -0.570. The smallest absolute Gasteiger partial charge is 0.333 e. The molecule has 5 heteroatoms. The molecule has 0 aliphatic heterocycles. The van der Waals surface area contributed by atoms with Gasteiger partial charge in [-0.3, -0.25) is 0 Å². The molecule has 0 bridgehead atoms. The molecule has 0 aliphatic rings. The van der Waals surface area contributed by atoms with Crippen molar-refractivity contribution in [2.24, 2.45) is 0 Å². The van der Waals surface area contributed by atoms with Crippen LogP contribution in [0.2, 0.25) is 0 Å². The average molecular weight is 207 g/mol. The molecule has 0 aliphatic carbocycles. The highest BCUT2D eigenvalue weighted by Gasteiger charge is 2.16. The molecule has 0 aromatic carbocycles. The second-order valence-electron chi connectivity index (χ2n) is 3.69. The maximum absolute atomic E-state index is 10.5. The second kappa shape index (κ2) is 4.61. The quantitative estimate of drug-likeness (QED) is 0.335. The van der Waals surface area contributed by atoms with Crippen molar-refractivity contribution in [3.05, 3.63) is 0 Å². The maximum atomic E-state index is 10.5. The molecule has 0 heterocycles. The molecule has 0 unspecified atom stereocenters. The summed E-state index contributed by atoms with van der Waals surface area (Å²) in [6.07, 6.45) is 5.64. The fourth-order valence-corrected chi connectivity index (χ4v) is 1.52. The van der Waals surface area contributed by atoms with Crippen LogP contribution < -0.4 is 0 Å². The zero-order chi connectivity index (χ0) is 10.5. The van der Waals surface area contributed by atoms with Crippen molar-refractivity contribution in [2.75, 3.05) is 32.9 Å². The van der Waals surface area contributed by atoms with Crippen LogP contribution in [-0.4, -0.2) is 50.4 Å². The summed E-state index contributed by atoms with van der Waals surface area (Å²) in [5, 5.41) is 0. The van der Waals surface area contributed by atoms with Crippen molar-refractivity contribution < 1.29 is 17.5 Å². The average Bonchev–Trinajstić information content (AvgIpc) is 1.82. The predicted molar refractivity (Wildman–Crippen MR) is 52.7 cm³/mol. The number of quaternary nitrogens is 1. The fraction of sp³-hybridized carbons (Fsp3) is 0.750. The van der Waals surface area contributed by atoms with Crippen LogP contribution in [0.1, 0.15) is 6.42 Å². The standard InChI is InChI=1S/C8H15NO3S/c1-4-6-9(2,3)7-5-8-13(10,11)12/h1H,5-8H2,2-3H3/p+2. The van der Waals surface area contributed by atoms with Crippen LogP contribution in [0.25, 0.3) is 0 Å². The summed E-state index contributed by atoms with van der Waals surface area (Å²) in [4.78, 5) is 0. The number of hydrogen-bond acceptors (Lipinski definition) is 2. The summed E-state index contributed by atoms with van der Waals surface area (Å²) in [5.74, 6) is 2.45. The minimum atomic E-state index is -3.57. The zero-order valence-corrected chi connectivity index (χ0v) is 8.89. The van der Waals surface area contributed by atoms with E-state index in [1.54, 1.807) is 0 Å². The molecule has 13 heavy (non-hydrogen) atoms. The van der Waals surface area contributed by atoms with Crippen LogP contribution in [0.15, 0.2) is 0 Å². The van der Waals surface area contributed by atoms with Crippen LogP contribution in [-0.2, 0) is 10.1 Å². The summed E-state index contributed by atoms with van der Waals surface area (Å²) in [5.41, 5.74) is 0. The van der Waals surface area contributed by atoms with Crippen molar-refractivity contribution in [2.45, 2.75) is 6.42 Å². The van der Waals surface area contributed by atoms with E-state index in [1.165, 1.54) is 0 Å². The lowest BCUT2D eigenvalue weighted by atomic mass is 10.4. The van der Waals surface area contributed by atoms with Gasteiger partial charge in [0.2, 0.25) is 0 Å². The number of rotatable bonds is 5. The van der Waals surface area contributed by atoms with E-state index >= 15 is 0 Å². The van der Waals surface area contributed by atoms with Crippen LogP contribution in [0.5, 0.6) is 0 Å². The molecule has 4 nitrogen and oxygen atoms in total. The summed E-state index contributed by atoms with van der Waals surface area (Å²) >= 11 is 0. The molecular formula is C8H17NO3S+2. The molecule has 0 aromatic heterocycles. The number of hydrogen-bond donors (Lipinski definition) is 0. The molecule has 2 N–H and O–H groups in total. The largest absolute Gasteiger partial charge is 0.378 e. The summed E-state index contributed by atoms with van der Waals surface area (Å²) in [6.45, 7) is 1.26. The molecule has 0 spiro atoms. The third kappa shape index (κ3) is 7.78. The SMILES string of the molecule is C#CC[N+](C)(C)CCCS(=O)(=O)[OH2+]. The Morgan fingerprint density at radius 3 is 2.38 bits per heavy atom. The Kier molecular flexibility index (Phi) is 4.40. The van der Waals surface area contributed by atoms with Gasteiger partial charge in [-0.2, -0.15) is 8.42 Å². The Labute approximate surface area is 79.9 Å². The highest BCUT2D eigenvalue weighted by Crippen LogP contribution is 1.99. The van der Waals surface area contributed by atoms with Crippen molar-refractivity contribution in [3.8, 4) is 12.3 Å². The Morgan fingerprint density at radius 1 is 1.46 bits per heavy atom. The Bertz CT molecular complexity index is 287. The third-order valence-electron chi connectivity index (χ3n) is 1.70. The van der Waals surface area contributed by atoms with Crippen molar-refractivity contribution in [1.29, 1.82) is 0 Å². The predicted octanol–water partition coefficient (Wildman–Crippen LogP) is -0.860. The summed E-state index contributed by atoms with van der Waals surface area (Å²) < 4.78 is 28.3. The molecule has 0 saturated heterocycles. The molecule has 0 atom stereocenters. The van der Waals surface area contributed by atoms with E-state index in [9.17, 15) is 8.42 Å². The van der Waals surface area contributed by atoms with Gasteiger partial charge < -0.3 is 9.04 Å². The first-order valence-electron chi connectivity index (χ1n) is 4.00. The van der Waals surface area contributed by atoms with Crippen molar-refractivity contribution in [1.82, 2.24) is 0 Å². The van der Waals surface area contributed by atoms with E-state index in [0.717, 1.165) is 0 Å². The molecule has 76 valence electrons. The molecule has 0 amide bonds. The van der Waals surface area contributed by atoms with Crippen molar-refractivity contribution >= 4 is 10.1 Å². The number of terminal acetylenes is 1. The second-order valence-corrected chi connectivity index (χ2v) is 5.33. The van der Waals surface area contributed by atoms with Crippen molar-refractivity contribution in [3.63, 3.8) is 0 Å². The zero-order valence-electron chi connectivity index (χ0n) is 8.08. The normalized spacial score (nSPS) is 12.5. The van der Waals surface area contributed by atoms with E-state index < -0.39 is 10.1 Å². The van der Waals surface area contributed by atoms with Gasteiger partial charge in [-0.05, 0) is 5.92 Å². The third-order valence-corrected chi connectivity index (χ3v) is 2.52. The highest BCUT2D eigenvalue weighted by molar-refractivity contribution is 7.85. The summed E-state index contributed by atoms with van der Waals surface area (Å²) in [7, 11) is 0.309. The van der Waals surface area contributed by atoms with Gasteiger partial charge >= 0.3 is 10.1 Å². The first-order valence-corrected chi connectivity index (χ1v) is 5.65. The van der Waals surface area contributed by atoms with Crippen LogP contribution in [0, 0.1) is 12.3 Å². The minimum Gasteiger partial charge on any atom is -0.333 e. The number of nitrogens with zero attached hydrogens (tertiary/aromatic N) is 1. The molecule has 0 saturated carbocycles. The van der Waals surface area contributed by atoms with E-state index in [0.29, 0.717) is 24.0 Å². The lowest BCUT2D eigenvalue weighted by molar-refractivity contribution is -0.883. The van der Waals surface area contributed by atoms with Gasteiger partial charge in [0, 0.05) is 6.42 Å². The monoisotopic (exact) mass is 207 g/mol. The lowest BCUT2D eigenvalue weighted by Gasteiger charge is -2.26.